The zero-order valence-corrected chi connectivity index (χ0v) is 8.06. The first-order valence-electron chi connectivity index (χ1n) is 4.41. The Bertz CT molecular complexity index is 129. The Kier molecular flexibility index (Phi) is 4.93. The van der Waals surface area contributed by atoms with E-state index in [2.05, 4.69) is 39.5 Å². The average molecular weight is 152 g/mol. The van der Waals surface area contributed by atoms with Gasteiger partial charge in [0, 0.05) is 0 Å². The Morgan fingerprint density at radius 2 is 2.00 bits per heavy atom. The van der Waals surface area contributed by atoms with Gasteiger partial charge in [-0.25, -0.2) is 0 Å². The van der Waals surface area contributed by atoms with Crippen LogP contribution in [0.4, 0.5) is 0 Å². The molecular weight excluding hydrogens is 132 g/mol. The Morgan fingerprint density at radius 1 is 1.36 bits per heavy atom. The van der Waals surface area contributed by atoms with Gasteiger partial charge >= 0.3 is 0 Å². The molecule has 0 saturated carbocycles. The highest BCUT2D eigenvalue weighted by Crippen LogP contribution is 2.22. The van der Waals surface area contributed by atoms with Gasteiger partial charge in [0.2, 0.25) is 0 Å². The lowest BCUT2D eigenvalue weighted by Crippen LogP contribution is -2.04. The highest BCUT2D eigenvalue weighted by molar-refractivity contribution is 4.97. The molecule has 0 aromatic rings. The number of allylic oxidation sites excluding steroid dienone is 3. The van der Waals surface area contributed by atoms with Gasteiger partial charge in [-0.2, -0.15) is 0 Å². The van der Waals surface area contributed by atoms with E-state index >= 15 is 0 Å². The van der Waals surface area contributed by atoms with Crippen LogP contribution < -0.4 is 0 Å². The molecule has 0 aromatic carbocycles. The van der Waals surface area contributed by atoms with Crippen molar-refractivity contribution >= 4 is 0 Å². The van der Waals surface area contributed by atoms with Crippen LogP contribution in [0, 0.1) is 5.41 Å². The predicted molar refractivity (Wildman–Crippen MR) is 52.6 cm³/mol. The van der Waals surface area contributed by atoms with E-state index in [1.165, 1.54) is 12.8 Å². The van der Waals surface area contributed by atoms with Crippen LogP contribution in [0.5, 0.6) is 0 Å². The van der Waals surface area contributed by atoms with Gasteiger partial charge in [-0.3, -0.25) is 0 Å². The van der Waals surface area contributed by atoms with E-state index in [1.807, 2.05) is 6.08 Å². The molecule has 0 aliphatic carbocycles. The number of rotatable bonds is 5. The normalized spacial score (nSPS) is 12.3. The standard InChI is InChI=1S/C11H20/c1-5-7-8-10-11(3,4)9-6-2/h6,8,10H,2,5,7,9H2,1,3-4H3. The largest absolute Gasteiger partial charge is 0.103 e. The predicted octanol–water partition coefficient (Wildman–Crippen LogP) is 3.95. The number of hydrogen-bond donors (Lipinski definition) is 0. The van der Waals surface area contributed by atoms with Crippen LogP contribution in [0.2, 0.25) is 0 Å². The molecule has 0 fully saturated rings. The highest BCUT2D eigenvalue weighted by atomic mass is 14.1. The second-order valence-electron chi connectivity index (χ2n) is 3.67. The topological polar surface area (TPSA) is 0 Å². The molecule has 0 atom stereocenters. The Morgan fingerprint density at radius 3 is 2.45 bits per heavy atom. The molecule has 0 saturated heterocycles. The van der Waals surface area contributed by atoms with Crippen molar-refractivity contribution in [1.82, 2.24) is 0 Å². The second-order valence-corrected chi connectivity index (χ2v) is 3.67. The van der Waals surface area contributed by atoms with Gasteiger partial charge < -0.3 is 0 Å². The third-order valence-electron chi connectivity index (χ3n) is 1.69. The molecule has 64 valence electrons. The molecule has 0 N–H and O–H groups in total. The minimum absolute atomic E-state index is 0.302. The minimum atomic E-state index is 0.302. The van der Waals surface area contributed by atoms with Crippen molar-refractivity contribution in [3.8, 4) is 0 Å². The summed E-state index contributed by atoms with van der Waals surface area (Å²) in [5.41, 5.74) is 0.302. The van der Waals surface area contributed by atoms with E-state index in [1.54, 1.807) is 0 Å². The third-order valence-corrected chi connectivity index (χ3v) is 1.69. The van der Waals surface area contributed by atoms with E-state index in [-0.39, 0.29) is 0 Å². The first kappa shape index (κ1) is 10.5. The molecule has 0 aromatic heterocycles. The van der Waals surface area contributed by atoms with Crippen molar-refractivity contribution in [2.45, 2.75) is 40.0 Å². The van der Waals surface area contributed by atoms with Crippen LogP contribution in [0.1, 0.15) is 40.0 Å². The maximum atomic E-state index is 3.74. The molecular formula is C11H20. The van der Waals surface area contributed by atoms with Gasteiger partial charge in [-0.15, -0.1) is 6.58 Å². The fourth-order valence-electron chi connectivity index (χ4n) is 1.01. The molecule has 0 nitrogen and oxygen atoms in total. The van der Waals surface area contributed by atoms with Crippen LogP contribution >= 0.6 is 0 Å². The zero-order chi connectivity index (χ0) is 8.74. The molecule has 11 heavy (non-hydrogen) atoms. The van der Waals surface area contributed by atoms with Gasteiger partial charge in [0.05, 0.1) is 0 Å². The fraction of sp³-hybridized carbons (Fsp3) is 0.636. The smallest absolute Gasteiger partial charge is 0.0140 e. The van der Waals surface area contributed by atoms with Gasteiger partial charge in [-0.1, -0.05) is 45.4 Å². The van der Waals surface area contributed by atoms with Crippen LogP contribution in [0.3, 0.4) is 0 Å². The van der Waals surface area contributed by atoms with Crippen molar-refractivity contribution in [3.63, 3.8) is 0 Å². The monoisotopic (exact) mass is 152 g/mol. The molecule has 0 radical (unpaired) electrons. The van der Waals surface area contributed by atoms with E-state index in [9.17, 15) is 0 Å². The quantitative estimate of drug-likeness (QED) is 0.523. The lowest BCUT2D eigenvalue weighted by molar-refractivity contribution is 0.487. The summed E-state index contributed by atoms with van der Waals surface area (Å²) in [6.45, 7) is 10.4. The Balaban J connectivity index is 3.78. The molecule has 0 bridgehead atoms. The number of unbranched alkanes of at least 4 members (excludes halogenated alkanes) is 1. The molecule has 0 rings (SSSR count). The average Bonchev–Trinajstić information content (AvgIpc) is 1.87. The lowest BCUT2D eigenvalue weighted by Gasteiger charge is -2.17. The fourth-order valence-corrected chi connectivity index (χ4v) is 1.01. The van der Waals surface area contributed by atoms with Crippen LogP contribution in [0.15, 0.2) is 24.8 Å². The highest BCUT2D eigenvalue weighted by Gasteiger charge is 2.09. The molecule has 0 heteroatoms. The first-order valence-corrected chi connectivity index (χ1v) is 4.41. The Labute approximate surface area is 71.0 Å². The van der Waals surface area contributed by atoms with E-state index in [0.29, 0.717) is 5.41 Å². The number of hydrogen-bond acceptors (Lipinski definition) is 0. The van der Waals surface area contributed by atoms with E-state index < -0.39 is 0 Å². The SMILES string of the molecule is C=CCC(C)(C)C=CCCC. The van der Waals surface area contributed by atoms with Crippen molar-refractivity contribution < 1.29 is 0 Å². The molecule has 0 aliphatic heterocycles. The summed E-state index contributed by atoms with van der Waals surface area (Å²) in [5, 5.41) is 0. The second kappa shape index (κ2) is 5.17. The summed E-state index contributed by atoms with van der Waals surface area (Å²) in [7, 11) is 0. The molecule has 0 unspecified atom stereocenters. The van der Waals surface area contributed by atoms with Crippen molar-refractivity contribution in [2.24, 2.45) is 5.41 Å². The van der Waals surface area contributed by atoms with Crippen LogP contribution in [-0.4, -0.2) is 0 Å². The summed E-state index contributed by atoms with van der Waals surface area (Å²) in [6.07, 6.45) is 10.0. The first-order chi connectivity index (χ1) is 5.12. The minimum Gasteiger partial charge on any atom is -0.103 e. The lowest BCUT2D eigenvalue weighted by atomic mass is 9.89. The Hall–Kier alpha value is -0.520. The van der Waals surface area contributed by atoms with Gasteiger partial charge in [0.15, 0.2) is 0 Å². The summed E-state index contributed by atoms with van der Waals surface area (Å²) < 4.78 is 0. The van der Waals surface area contributed by atoms with Crippen molar-refractivity contribution in [3.05, 3.63) is 24.8 Å². The van der Waals surface area contributed by atoms with Gasteiger partial charge in [-0.05, 0) is 18.3 Å². The van der Waals surface area contributed by atoms with E-state index in [0.717, 1.165) is 6.42 Å². The van der Waals surface area contributed by atoms with Gasteiger partial charge in [0.25, 0.3) is 0 Å². The van der Waals surface area contributed by atoms with Crippen LogP contribution in [0.25, 0.3) is 0 Å². The maximum Gasteiger partial charge on any atom is -0.0140 e. The summed E-state index contributed by atoms with van der Waals surface area (Å²) in [4.78, 5) is 0. The molecule has 0 heterocycles. The van der Waals surface area contributed by atoms with Crippen LogP contribution in [-0.2, 0) is 0 Å². The zero-order valence-electron chi connectivity index (χ0n) is 8.06. The summed E-state index contributed by atoms with van der Waals surface area (Å²) >= 11 is 0. The molecule has 0 amide bonds. The van der Waals surface area contributed by atoms with Gasteiger partial charge in [0.1, 0.15) is 0 Å². The third kappa shape index (κ3) is 5.90. The van der Waals surface area contributed by atoms with E-state index in [4.69, 9.17) is 0 Å². The summed E-state index contributed by atoms with van der Waals surface area (Å²) in [6, 6.07) is 0. The van der Waals surface area contributed by atoms with Crippen molar-refractivity contribution in [1.29, 1.82) is 0 Å². The molecule has 0 aliphatic rings. The molecule has 0 spiro atoms. The van der Waals surface area contributed by atoms with Crippen molar-refractivity contribution in [2.75, 3.05) is 0 Å². The summed E-state index contributed by atoms with van der Waals surface area (Å²) in [5.74, 6) is 0. The maximum absolute atomic E-state index is 3.74.